The molecule has 2 rings (SSSR count). The van der Waals surface area contributed by atoms with E-state index in [1.807, 2.05) is 0 Å². The summed E-state index contributed by atoms with van der Waals surface area (Å²) >= 11 is 12.1. The number of halogens is 2. The van der Waals surface area contributed by atoms with Gasteiger partial charge in [0, 0.05) is 18.1 Å². The molecule has 0 atom stereocenters. The van der Waals surface area contributed by atoms with Gasteiger partial charge in [-0.2, -0.15) is 0 Å². The average Bonchev–Trinajstić information content (AvgIpc) is 2.35. The maximum absolute atomic E-state index is 10.7. The molecule has 20 heavy (non-hydrogen) atoms. The largest absolute Gasteiger partial charge is 1.00 e. The summed E-state index contributed by atoms with van der Waals surface area (Å²) in [6.45, 7) is 0. The zero-order chi connectivity index (χ0) is 13.8. The van der Waals surface area contributed by atoms with Crippen LogP contribution < -0.4 is 10.4 Å². The van der Waals surface area contributed by atoms with Gasteiger partial charge in [0.25, 0.3) is 0 Å². The average molecular weight is 403 g/mol. The second-order valence-corrected chi connectivity index (χ2v) is 4.74. The molecule has 0 saturated carbocycles. The number of para-hydroxylation sites is 2. The van der Waals surface area contributed by atoms with Crippen LogP contribution in [0.25, 0.3) is 0 Å². The third-order valence-corrected chi connectivity index (χ3v) is 3.20. The summed E-state index contributed by atoms with van der Waals surface area (Å²) in [5.74, 6) is -1.14. The smallest absolute Gasteiger partial charge is 0.550 e. The number of aliphatic carboxylic acids is 1. The molecule has 0 bridgehead atoms. The standard InChI is InChI=1S/C14H11Cl2NO2.Ag/c15-10-5-3-6-11(16)14(10)17-12-7-2-1-4-9(12)8-13(18)19;/h1-7,17H,8H2,(H,18,19);/q;+1/p-1. The third kappa shape index (κ3) is 4.27. The van der Waals surface area contributed by atoms with E-state index in [1.54, 1.807) is 42.5 Å². The molecule has 3 nitrogen and oxygen atoms in total. The van der Waals surface area contributed by atoms with Crippen molar-refractivity contribution in [1.29, 1.82) is 0 Å². The van der Waals surface area contributed by atoms with Crippen LogP contribution in [-0.4, -0.2) is 5.97 Å². The van der Waals surface area contributed by atoms with E-state index in [0.29, 0.717) is 27.0 Å². The second-order valence-electron chi connectivity index (χ2n) is 3.93. The van der Waals surface area contributed by atoms with Crippen LogP contribution >= 0.6 is 23.2 Å². The Morgan fingerprint density at radius 3 is 2.25 bits per heavy atom. The van der Waals surface area contributed by atoms with E-state index in [9.17, 15) is 9.90 Å². The molecule has 0 aliphatic rings. The number of rotatable bonds is 4. The Balaban J connectivity index is 0.00000200. The van der Waals surface area contributed by atoms with E-state index in [4.69, 9.17) is 23.2 Å². The molecule has 0 radical (unpaired) electrons. The fourth-order valence-electron chi connectivity index (χ4n) is 1.70. The number of anilines is 2. The van der Waals surface area contributed by atoms with Gasteiger partial charge >= 0.3 is 22.4 Å². The summed E-state index contributed by atoms with van der Waals surface area (Å²) in [4.78, 5) is 10.7. The zero-order valence-electron chi connectivity index (χ0n) is 10.1. The number of carboxylic acid groups (broad SMARTS) is 1. The van der Waals surface area contributed by atoms with Gasteiger partial charge in [-0.1, -0.05) is 47.5 Å². The minimum atomic E-state index is -1.14. The Morgan fingerprint density at radius 2 is 1.65 bits per heavy atom. The molecule has 0 aliphatic carbocycles. The fraction of sp³-hybridized carbons (Fsp3) is 0.0714. The summed E-state index contributed by atoms with van der Waals surface area (Å²) in [5, 5.41) is 14.7. The van der Waals surface area contributed by atoms with Crippen molar-refractivity contribution >= 4 is 40.5 Å². The number of hydrogen-bond acceptors (Lipinski definition) is 3. The quantitative estimate of drug-likeness (QED) is 0.799. The van der Waals surface area contributed by atoms with Gasteiger partial charge in [-0.3, -0.25) is 0 Å². The number of carboxylic acids is 1. The topological polar surface area (TPSA) is 52.2 Å². The number of benzene rings is 2. The molecule has 0 fully saturated rings. The van der Waals surface area contributed by atoms with Gasteiger partial charge in [-0.05, 0) is 23.8 Å². The van der Waals surface area contributed by atoms with E-state index >= 15 is 0 Å². The van der Waals surface area contributed by atoms with Crippen molar-refractivity contribution in [2.45, 2.75) is 6.42 Å². The first kappa shape index (κ1) is 17.1. The number of hydrogen-bond donors (Lipinski definition) is 1. The van der Waals surface area contributed by atoms with Crippen molar-refractivity contribution in [3.05, 3.63) is 58.1 Å². The molecule has 1 N–H and O–H groups in total. The molecule has 2 aromatic carbocycles. The molecule has 6 heteroatoms. The molecule has 0 saturated heterocycles. The molecule has 0 aromatic heterocycles. The second kappa shape index (κ2) is 7.72. The van der Waals surface area contributed by atoms with Crippen molar-refractivity contribution in [2.24, 2.45) is 0 Å². The molecule has 0 aliphatic heterocycles. The Bertz CT molecular complexity index is 600. The maximum atomic E-state index is 10.7. The predicted octanol–water partition coefficient (Wildman–Crippen LogP) is 3.03. The van der Waals surface area contributed by atoms with Gasteiger partial charge in [0.2, 0.25) is 0 Å². The van der Waals surface area contributed by atoms with E-state index in [2.05, 4.69) is 5.32 Å². The molecule has 0 unspecified atom stereocenters. The molecule has 108 valence electrons. The van der Waals surface area contributed by atoms with Crippen LogP contribution in [0.15, 0.2) is 42.5 Å². The zero-order valence-corrected chi connectivity index (χ0v) is 13.1. The molecule has 0 spiro atoms. The van der Waals surface area contributed by atoms with Crippen molar-refractivity contribution < 1.29 is 32.3 Å². The summed E-state index contributed by atoms with van der Waals surface area (Å²) < 4.78 is 0. The van der Waals surface area contributed by atoms with Crippen LogP contribution in [0.3, 0.4) is 0 Å². The third-order valence-electron chi connectivity index (χ3n) is 2.57. The first-order valence-corrected chi connectivity index (χ1v) is 6.32. The predicted molar refractivity (Wildman–Crippen MR) is 74.9 cm³/mol. The Hall–Kier alpha value is -0.970. The van der Waals surface area contributed by atoms with Gasteiger partial charge in [0.15, 0.2) is 0 Å². The Morgan fingerprint density at radius 1 is 1.05 bits per heavy atom. The van der Waals surface area contributed by atoms with Crippen molar-refractivity contribution in [3.8, 4) is 0 Å². The molecular weight excluding hydrogens is 393 g/mol. The van der Waals surface area contributed by atoms with Crippen LogP contribution in [0.2, 0.25) is 10.0 Å². The first-order valence-electron chi connectivity index (χ1n) is 5.56. The molecule has 0 amide bonds. The van der Waals surface area contributed by atoms with E-state index in [0.717, 1.165) is 0 Å². The van der Waals surface area contributed by atoms with Gasteiger partial charge in [-0.15, -0.1) is 0 Å². The summed E-state index contributed by atoms with van der Waals surface area (Å²) in [6, 6.07) is 12.2. The van der Waals surface area contributed by atoms with Crippen molar-refractivity contribution in [1.82, 2.24) is 0 Å². The summed E-state index contributed by atoms with van der Waals surface area (Å²) in [7, 11) is 0. The van der Waals surface area contributed by atoms with Gasteiger partial charge in [-0.25, -0.2) is 0 Å². The van der Waals surface area contributed by atoms with E-state index < -0.39 is 5.97 Å². The Kier molecular flexibility index (Phi) is 6.59. The van der Waals surface area contributed by atoms with Crippen LogP contribution in [0.4, 0.5) is 11.4 Å². The first-order chi connectivity index (χ1) is 9.08. The monoisotopic (exact) mass is 401 g/mol. The van der Waals surface area contributed by atoms with E-state index in [1.165, 1.54) is 0 Å². The minimum absolute atomic E-state index is 0. The molecular formula is C14H10AgCl2NO2. The number of carbonyl (C=O) groups is 1. The maximum Gasteiger partial charge on any atom is 1.00 e. The summed E-state index contributed by atoms with van der Waals surface area (Å²) in [6.07, 6.45) is -0.175. The number of nitrogens with one attached hydrogen (secondary N) is 1. The summed E-state index contributed by atoms with van der Waals surface area (Å²) in [5.41, 5.74) is 1.80. The van der Waals surface area contributed by atoms with Crippen LogP contribution in [0.1, 0.15) is 5.56 Å². The SMILES string of the molecule is O=C([O-])Cc1ccccc1Nc1c(Cl)cccc1Cl.[Ag+]. The molecule has 2 aromatic rings. The van der Waals surface area contributed by atoms with Gasteiger partial charge < -0.3 is 15.2 Å². The van der Waals surface area contributed by atoms with Crippen LogP contribution in [0, 0.1) is 0 Å². The minimum Gasteiger partial charge on any atom is -0.550 e. The van der Waals surface area contributed by atoms with E-state index in [-0.39, 0.29) is 28.8 Å². The fourth-order valence-corrected chi connectivity index (χ4v) is 2.20. The van der Waals surface area contributed by atoms with Crippen LogP contribution in [0.5, 0.6) is 0 Å². The molecule has 0 heterocycles. The normalized spacial score (nSPS) is 9.70. The van der Waals surface area contributed by atoms with Crippen molar-refractivity contribution in [2.75, 3.05) is 5.32 Å². The van der Waals surface area contributed by atoms with Gasteiger partial charge in [0.05, 0.1) is 15.7 Å². The van der Waals surface area contributed by atoms with Crippen LogP contribution in [-0.2, 0) is 33.6 Å². The van der Waals surface area contributed by atoms with Crippen molar-refractivity contribution in [3.63, 3.8) is 0 Å². The Labute approximate surface area is 142 Å². The van der Waals surface area contributed by atoms with Gasteiger partial charge in [0.1, 0.15) is 0 Å². The number of carbonyl (C=O) groups excluding carboxylic acids is 1.